The van der Waals surface area contributed by atoms with Crippen molar-refractivity contribution in [3.05, 3.63) is 0 Å². The van der Waals surface area contributed by atoms with Crippen molar-refractivity contribution >= 4 is 29.9 Å². The van der Waals surface area contributed by atoms with Crippen LogP contribution >= 0.6 is 11.6 Å². The van der Waals surface area contributed by atoms with E-state index in [1.807, 2.05) is 0 Å². The molecule has 0 radical (unpaired) electrons. The lowest BCUT2D eigenvalue weighted by Gasteiger charge is -2.01. The maximum atomic E-state index is 10.3. The lowest BCUT2D eigenvalue weighted by Crippen LogP contribution is -2.33. The molecule has 68 valence electrons. The van der Waals surface area contributed by atoms with Gasteiger partial charge in [-0.05, 0) is 0 Å². The van der Waals surface area contributed by atoms with E-state index in [9.17, 15) is 14.7 Å². The third kappa shape index (κ3) is 4.51. The van der Waals surface area contributed by atoms with Gasteiger partial charge in [-0.25, -0.2) is 4.79 Å². The highest BCUT2D eigenvalue weighted by molar-refractivity contribution is 6.37. The second kappa shape index (κ2) is 5.36. The van der Waals surface area contributed by atoms with Gasteiger partial charge >= 0.3 is 6.09 Å². The van der Waals surface area contributed by atoms with Gasteiger partial charge < -0.3 is 15.2 Å². The number of amides is 1. The fourth-order valence-corrected chi connectivity index (χ4v) is 0.284. The summed E-state index contributed by atoms with van der Waals surface area (Å²) in [5.41, 5.74) is 0. The summed E-state index contributed by atoms with van der Waals surface area (Å²) < 4.78 is 0. The molecule has 1 N–H and O–H groups in total. The number of halogens is 1. The second-order valence-electron chi connectivity index (χ2n) is 1.60. The normalized spacial score (nSPS) is 12.5. The summed E-state index contributed by atoms with van der Waals surface area (Å²) in [7, 11) is 1.33. The van der Waals surface area contributed by atoms with Crippen LogP contribution in [0.3, 0.4) is 0 Å². The minimum absolute atomic E-state index is 0.728. The largest absolute Gasteiger partial charge is 0.548 e. The van der Waals surface area contributed by atoms with Gasteiger partial charge in [0.25, 0.3) is 0 Å². The monoisotopic (exact) mass is 193 g/mol. The highest BCUT2D eigenvalue weighted by Crippen LogP contribution is 1.89. The third-order valence-corrected chi connectivity index (χ3v) is 1.05. The number of alkyl halides is 1. The van der Waals surface area contributed by atoms with Crippen molar-refractivity contribution in [2.45, 2.75) is 5.38 Å². The van der Waals surface area contributed by atoms with Gasteiger partial charge in [-0.2, -0.15) is 0 Å². The zero-order valence-corrected chi connectivity index (χ0v) is 6.87. The Morgan fingerprint density at radius 2 is 2.33 bits per heavy atom. The molecule has 0 aliphatic heterocycles. The van der Waals surface area contributed by atoms with Crippen molar-refractivity contribution in [1.82, 2.24) is 5.32 Å². The maximum Gasteiger partial charge on any atom is 0.433 e. The van der Waals surface area contributed by atoms with E-state index in [4.69, 9.17) is 11.6 Å². The van der Waals surface area contributed by atoms with Crippen LogP contribution in [0.25, 0.3) is 0 Å². The predicted octanol–water partition coefficient (Wildman–Crippen LogP) is -1.31. The molecule has 0 saturated heterocycles. The van der Waals surface area contributed by atoms with Crippen molar-refractivity contribution in [3.8, 4) is 0 Å². The molecule has 1 atom stereocenters. The van der Waals surface area contributed by atoms with Crippen molar-refractivity contribution in [3.63, 3.8) is 0 Å². The van der Waals surface area contributed by atoms with Gasteiger partial charge in [0.15, 0.2) is 0 Å². The Hall–Kier alpha value is -1.30. The first kappa shape index (κ1) is 10.7. The molecule has 1 amide bonds. The summed E-state index contributed by atoms with van der Waals surface area (Å²) >= 11 is 5.12. The van der Waals surface area contributed by atoms with E-state index < -0.39 is 17.4 Å². The Kier molecular flexibility index (Phi) is 4.78. The van der Waals surface area contributed by atoms with E-state index in [2.05, 4.69) is 15.3 Å². The van der Waals surface area contributed by atoms with Crippen molar-refractivity contribution in [2.24, 2.45) is 5.16 Å². The van der Waals surface area contributed by atoms with Gasteiger partial charge in [0.1, 0.15) is 5.38 Å². The SMILES string of the molecule is CNC(=O)O/N=C/C(Cl)C(=O)[O-]. The van der Waals surface area contributed by atoms with Crippen LogP contribution in [0.15, 0.2) is 5.16 Å². The van der Waals surface area contributed by atoms with Crippen molar-refractivity contribution < 1.29 is 19.5 Å². The smallest absolute Gasteiger partial charge is 0.433 e. The quantitative estimate of drug-likeness (QED) is 0.261. The van der Waals surface area contributed by atoms with Gasteiger partial charge in [0.05, 0.1) is 12.2 Å². The predicted molar refractivity (Wildman–Crippen MR) is 38.7 cm³/mol. The lowest BCUT2D eigenvalue weighted by molar-refractivity contribution is -0.303. The number of nitrogens with zero attached hydrogens (tertiary/aromatic N) is 1. The van der Waals surface area contributed by atoms with Crippen molar-refractivity contribution in [2.75, 3.05) is 7.05 Å². The fourth-order valence-electron chi connectivity index (χ4n) is 0.238. The van der Waals surface area contributed by atoms with Gasteiger partial charge in [-0.3, -0.25) is 4.84 Å². The van der Waals surface area contributed by atoms with Crippen LogP contribution in [0.2, 0.25) is 0 Å². The van der Waals surface area contributed by atoms with Crippen LogP contribution in [0, 0.1) is 0 Å². The van der Waals surface area contributed by atoms with Crippen LogP contribution in [-0.4, -0.2) is 30.7 Å². The number of hydrogen-bond acceptors (Lipinski definition) is 5. The molecule has 0 aliphatic rings. The van der Waals surface area contributed by atoms with Crippen LogP contribution in [0.1, 0.15) is 0 Å². The van der Waals surface area contributed by atoms with E-state index in [-0.39, 0.29) is 0 Å². The molecular formula is C5H6ClN2O4-. The number of hydrogen-bond donors (Lipinski definition) is 1. The van der Waals surface area contributed by atoms with Gasteiger partial charge in [-0.15, -0.1) is 11.6 Å². The minimum atomic E-state index is -1.51. The molecule has 0 bridgehead atoms. The van der Waals surface area contributed by atoms with Crippen LogP contribution in [0.4, 0.5) is 4.79 Å². The first-order chi connectivity index (χ1) is 5.57. The summed E-state index contributed by atoms with van der Waals surface area (Å²) in [6.07, 6.45) is -0.0833. The Bertz CT molecular complexity index is 206. The summed E-state index contributed by atoms with van der Waals surface area (Å²) in [5.74, 6) is -1.51. The minimum Gasteiger partial charge on any atom is -0.548 e. The van der Waals surface area contributed by atoms with Gasteiger partial charge in [0.2, 0.25) is 0 Å². The Morgan fingerprint density at radius 3 is 2.75 bits per heavy atom. The van der Waals surface area contributed by atoms with E-state index in [0.717, 1.165) is 6.21 Å². The molecule has 0 aromatic heterocycles. The van der Waals surface area contributed by atoms with Crippen LogP contribution < -0.4 is 10.4 Å². The summed E-state index contributed by atoms with van der Waals surface area (Å²) in [6, 6.07) is 0. The number of oxime groups is 1. The molecule has 0 rings (SSSR count). The van der Waals surface area contributed by atoms with Crippen molar-refractivity contribution in [1.29, 1.82) is 0 Å². The van der Waals surface area contributed by atoms with Gasteiger partial charge in [-0.1, -0.05) is 5.16 Å². The molecule has 0 saturated carbocycles. The molecule has 0 aromatic carbocycles. The maximum absolute atomic E-state index is 10.3. The standard InChI is InChI=1S/C5H7ClN2O4/c1-7-5(11)12-8-2-3(6)4(9)10/h2-3H,1H3,(H,7,11)(H,9,10)/p-1/b8-2+. The second-order valence-corrected chi connectivity index (χ2v) is 2.07. The Balaban J connectivity index is 3.76. The average molecular weight is 194 g/mol. The van der Waals surface area contributed by atoms with Crippen LogP contribution in [0.5, 0.6) is 0 Å². The average Bonchev–Trinajstić information content (AvgIpc) is 2.03. The molecule has 0 heterocycles. The molecule has 1 unspecified atom stereocenters. The van der Waals surface area contributed by atoms with E-state index >= 15 is 0 Å². The molecule has 7 heteroatoms. The number of rotatable bonds is 3. The number of nitrogens with one attached hydrogen (secondary N) is 1. The summed E-state index contributed by atoms with van der Waals surface area (Å²) in [5, 5.41) is 13.6. The Labute approximate surface area is 73.1 Å². The molecule has 0 spiro atoms. The summed E-state index contributed by atoms with van der Waals surface area (Å²) in [4.78, 5) is 24.3. The molecule has 0 aliphatic carbocycles. The molecule has 0 aromatic rings. The topological polar surface area (TPSA) is 90.8 Å². The highest BCUT2D eigenvalue weighted by Gasteiger charge is 2.01. The number of carbonyl (C=O) groups is 2. The summed E-state index contributed by atoms with van der Waals surface area (Å²) in [6.45, 7) is 0. The van der Waals surface area contributed by atoms with E-state index in [1.165, 1.54) is 7.05 Å². The number of carboxylic acids is 1. The lowest BCUT2D eigenvalue weighted by atomic mass is 10.5. The van der Waals surface area contributed by atoms with E-state index in [0.29, 0.717) is 0 Å². The molecule has 12 heavy (non-hydrogen) atoms. The molecular weight excluding hydrogens is 188 g/mol. The first-order valence-corrected chi connectivity index (χ1v) is 3.28. The zero-order chi connectivity index (χ0) is 9.56. The number of carboxylic acid groups (broad SMARTS) is 1. The van der Waals surface area contributed by atoms with Gasteiger partial charge in [0, 0.05) is 7.05 Å². The van der Waals surface area contributed by atoms with E-state index in [1.54, 1.807) is 0 Å². The molecule has 0 fully saturated rings. The van der Waals surface area contributed by atoms with Crippen LogP contribution in [-0.2, 0) is 9.63 Å². The third-order valence-electron chi connectivity index (χ3n) is 0.757. The number of aliphatic carboxylic acids is 1. The highest BCUT2D eigenvalue weighted by atomic mass is 35.5. The fraction of sp³-hybridized carbons (Fsp3) is 0.400. The zero-order valence-electron chi connectivity index (χ0n) is 6.11. The molecule has 6 nitrogen and oxygen atoms in total. The first-order valence-electron chi connectivity index (χ1n) is 2.85. The Morgan fingerprint density at radius 1 is 1.75 bits per heavy atom. The number of carbonyl (C=O) groups excluding carboxylic acids is 2.